The Morgan fingerprint density at radius 1 is 0.815 bits per heavy atom. The Hall–Kier alpha value is -2.10. The lowest BCUT2D eigenvalue weighted by atomic mass is 10.0. The highest BCUT2D eigenvalue weighted by Gasteiger charge is 2.10. The molecule has 0 N–H and O–H groups in total. The molecule has 0 fully saturated rings. The summed E-state index contributed by atoms with van der Waals surface area (Å²) < 4.78 is 53.6. The van der Waals surface area contributed by atoms with Gasteiger partial charge in [0.2, 0.25) is 0 Å². The zero-order valence-electron chi connectivity index (χ0n) is 15.7. The van der Waals surface area contributed by atoms with Crippen molar-refractivity contribution in [2.24, 2.45) is 0 Å². The first-order chi connectivity index (χ1) is 13.0. The van der Waals surface area contributed by atoms with E-state index < -0.39 is 17.5 Å². The Morgan fingerprint density at radius 3 is 2.04 bits per heavy atom. The second-order valence-corrected chi connectivity index (χ2v) is 6.83. The van der Waals surface area contributed by atoms with E-state index in [2.05, 4.69) is 6.92 Å². The van der Waals surface area contributed by atoms with Gasteiger partial charge in [0.25, 0.3) is 0 Å². The van der Waals surface area contributed by atoms with Crippen LogP contribution in [0.4, 0.5) is 17.6 Å². The predicted molar refractivity (Wildman–Crippen MR) is 103 cm³/mol. The molecule has 0 heterocycles. The molecule has 0 saturated heterocycles. The molecule has 2 aromatic rings. The van der Waals surface area contributed by atoms with Crippen LogP contribution in [0.5, 0.6) is 0 Å². The van der Waals surface area contributed by atoms with Crippen molar-refractivity contribution < 1.29 is 17.6 Å². The Balaban J connectivity index is 1.85. The number of hydrogen-bond acceptors (Lipinski definition) is 0. The first kappa shape index (κ1) is 21.2. The highest BCUT2D eigenvalue weighted by atomic mass is 19.2. The largest absolute Gasteiger partial charge is 0.207 e. The minimum atomic E-state index is -1.45. The summed E-state index contributed by atoms with van der Waals surface area (Å²) in [4.78, 5) is 0. The summed E-state index contributed by atoms with van der Waals surface area (Å²) in [5.41, 5.74) is 1.85. The van der Waals surface area contributed by atoms with Crippen molar-refractivity contribution in [2.45, 2.75) is 58.3 Å². The van der Waals surface area contributed by atoms with E-state index in [1.807, 2.05) is 0 Å². The fourth-order valence-electron chi connectivity index (χ4n) is 2.97. The maximum Gasteiger partial charge on any atom is 0.194 e. The molecule has 27 heavy (non-hydrogen) atoms. The van der Waals surface area contributed by atoms with E-state index in [9.17, 15) is 17.6 Å². The number of allylic oxidation sites excluding steroid dienone is 1. The minimum absolute atomic E-state index is 0.222. The molecule has 0 nitrogen and oxygen atoms in total. The van der Waals surface area contributed by atoms with Crippen molar-refractivity contribution in [3.05, 3.63) is 76.6 Å². The Kier molecular flexibility index (Phi) is 8.56. The molecule has 4 heteroatoms. The molecule has 0 aliphatic carbocycles. The number of aryl methyl sites for hydroxylation is 2. The SMILES string of the molecule is CCCCCCC/C=C(/F)c1ccc(CCc2cc(F)c(F)c(F)c2)cc1. The Morgan fingerprint density at radius 2 is 1.41 bits per heavy atom. The number of benzene rings is 2. The van der Waals surface area contributed by atoms with Crippen LogP contribution < -0.4 is 0 Å². The van der Waals surface area contributed by atoms with Crippen molar-refractivity contribution >= 4 is 5.83 Å². The third kappa shape index (κ3) is 6.85. The van der Waals surface area contributed by atoms with Crippen LogP contribution in [-0.4, -0.2) is 0 Å². The minimum Gasteiger partial charge on any atom is -0.207 e. The van der Waals surface area contributed by atoms with Crippen molar-refractivity contribution in [2.75, 3.05) is 0 Å². The van der Waals surface area contributed by atoms with Gasteiger partial charge in [-0.3, -0.25) is 0 Å². The normalized spacial score (nSPS) is 11.8. The van der Waals surface area contributed by atoms with Gasteiger partial charge in [0, 0.05) is 5.56 Å². The number of rotatable bonds is 10. The standard InChI is InChI=1S/C23H26F4/c1-2-3-4-5-6-7-8-20(24)19-13-11-17(12-14-19)9-10-18-15-21(25)23(27)22(26)16-18/h8,11-16H,2-7,9-10H2,1H3/b20-8+. The smallest absolute Gasteiger partial charge is 0.194 e. The number of hydrogen-bond donors (Lipinski definition) is 0. The van der Waals surface area contributed by atoms with E-state index in [0.29, 0.717) is 24.0 Å². The molecule has 0 amide bonds. The van der Waals surface area contributed by atoms with Gasteiger partial charge in [-0.25, -0.2) is 17.6 Å². The molecule has 0 spiro atoms. The lowest BCUT2D eigenvalue weighted by Crippen LogP contribution is -1.97. The van der Waals surface area contributed by atoms with E-state index in [1.54, 1.807) is 30.3 Å². The van der Waals surface area contributed by atoms with E-state index in [4.69, 9.17) is 0 Å². The fraction of sp³-hybridized carbons (Fsp3) is 0.391. The van der Waals surface area contributed by atoms with Gasteiger partial charge >= 0.3 is 0 Å². The summed E-state index contributed by atoms with van der Waals surface area (Å²) in [5.74, 6) is -4.03. The van der Waals surface area contributed by atoms with Crippen molar-refractivity contribution in [1.29, 1.82) is 0 Å². The van der Waals surface area contributed by atoms with Crippen molar-refractivity contribution in [3.8, 4) is 0 Å². The number of halogens is 4. The highest BCUT2D eigenvalue weighted by molar-refractivity contribution is 5.59. The Bertz CT molecular complexity index is 724. The van der Waals surface area contributed by atoms with Crippen LogP contribution in [0, 0.1) is 17.5 Å². The van der Waals surface area contributed by atoms with E-state index >= 15 is 0 Å². The summed E-state index contributed by atoms with van der Waals surface area (Å²) in [5, 5.41) is 0. The van der Waals surface area contributed by atoms with Gasteiger partial charge < -0.3 is 0 Å². The molecule has 2 rings (SSSR count). The van der Waals surface area contributed by atoms with Gasteiger partial charge in [0.1, 0.15) is 5.83 Å². The third-order valence-corrected chi connectivity index (χ3v) is 4.61. The molecule has 2 aromatic carbocycles. The van der Waals surface area contributed by atoms with Gasteiger partial charge in [0.15, 0.2) is 17.5 Å². The van der Waals surface area contributed by atoms with Gasteiger partial charge in [-0.2, -0.15) is 0 Å². The van der Waals surface area contributed by atoms with Crippen LogP contribution in [0.25, 0.3) is 5.83 Å². The van der Waals surface area contributed by atoms with Crippen molar-refractivity contribution in [3.63, 3.8) is 0 Å². The molecule has 146 valence electrons. The second-order valence-electron chi connectivity index (χ2n) is 6.83. The molecular formula is C23H26F4. The zero-order chi connectivity index (χ0) is 19.6. The predicted octanol–water partition coefficient (Wildman–Crippen LogP) is 7.56. The van der Waals surface area contributed by atoms with Gasteiger partial charge in [-0.15, -0.1) is 0 Å². The summed E-state index contributed by atoms with van der Waals surface area (Å²) in [6.45, 7) is 2.17. The second kappa shape index (κ2) is 10.9. The molecule has 0 bridgehead atoms. The van der Waals surface area contributed by atoms with Crippen LogP contribution in [0.1, 0.15) is 62.1 Å². The number of unbranched alkanes of at least 4 members (excludes halogenated alkanes) is 5. The molecule has 0 aliphatic rings. The van der Waals surface area contributed by atoms with E-state index in [-0.39, 0.29) is 5.83 Å². The average molecular weight is 378 g/mol. The summed E-state index contributed by atoms with van der Waals surface area (Å²) in [7, 11) is 0. The monoisotopic (exact) mass is 378 g/mol. The van der Waals surface area contributed by atoms with Crippen molar-refractivity contribution in [1.82, 2.24) is 0 Å². The van der Waals surface area contributed by atoms with Crippen LogP contribution >= 0.6 is 0 Å². The maximum atomic E-state index is 14.2. The molecule has 0 atom stereocenters. The molecular weight excluding hydrogens is 352 g/mol. The van der Waals surface area contributed by atoms with Crippen LogP contribution in [0.2, 0.25) is 0 Å². The first-order valence-electron chi connectivity index (χ1n) is 9.59. The summed E-state index contributed by atoms with van der Waals surface area (Å²) in [6.07, 6.45) is 9.02. The van der Waals surface area contributed by atoms with E-state index in [0.717, 1.165) is 37.0 Å². The average Bonchev–Trinajstić information content (AvgIpc) is 2.67. The van der Waals surface area contributed by atoms with Gasteiger partial charge in [0.05, 0.1) is 0 Å². The lowest BCUT2D eigenvalue weighted by molar-refractivity contribution is 0.445. The maximum absolute atomic E-state index is 14.2. The molecule has 0 saturated carbocycles. The van der Waals surface area contributed by atoms with Crippen LogP contribution in [-0.2, 0) is 12.8 Å². The molecule has 0 aromatic heterocycles. The van der Waals surface area contributed by atoms with Crippen LogP contribution in [0.15, 0.2) is 42.5 Å². The van der Waals surface area contributed by atoms with Gasteiger partial charge in [-0.05, 0) is 55.0 Å². The fourth-order valence-corrected chi connectivity index (χ4v) is 2.97. The Labute approximate surface area is 158 Å². The topological polar surface area (TPSA) is 0 Å². The quantitative estimate of drug-likeness (QED) is 0.227. The van der Waals surface area contributed by atoms with Crippen LogP contribution in [0.3, 0.4) is 0 Å². The first-order valence-corrected chi connectivity index (χ1v) is 9.59. The highest BCUT2D eigenvalue weighted by Crippen LogP contribution is 2.20. The summed E-state index contributed by atoms with van der Waals surface area (Å²) in [6, 6.07) is 9.06. The molecule has 0 unspecified atom stereocenters. The molecule has 0 aliphatic heterocycles. The van der Waals surface area contributed by atoms with E-state index in [1.165, 1.54) is 19.3 Å². The lowest BCUT2D eigenvalue weighted by Gasteiger charge is -2.05. The zero-order valence-corrected chi connectivity index (χ0v) is 15.7. The third-order valence-electron chi connectivity index (χ3n) is 4.61. The summed E-state index contributed by atoms with van der Waals surface area (Å²) >= 11 is 0. The molecule has 0 radical (unpaired) electrons. The van der Waals surface area contributed by atoms with Gasteiger partial charge in [-0.1, -0.05) is 56.9 Å².